The number of imide groups is 2. The molecule has 2 aliphatic heterocycles. The Kier molecular flexibility index (Phi) is 9.51. The normalized spacial score (nSPS) is 22.1. The third kappa shape index (κ3) is 5.86. The first-order valence-electron chi connectivity index (χ1n) is 22.3. The highest BCUT2D eigenvalue weighted by Gasteiger charge is 2.52. The van der Waals surface area contributed by atoms with Crippen LogP contribution in [0.15, 0.2) is 125 Å². The SMILES string of the molecule is COc1ccc(Oc2cc3c4c(ccc5c4c2C2C=CC4=C6C(=CC=C5C62)C(=O)N(C2C(C(C)C)=CC=CC2C(C)C)C4=O)C(=O)N(c2c(C(C)C)cccc2C(C)C)C3=O)cc1. The Bertz CT molecular complexity index is 2890. The largest absolute Gasteiger partial charge is 0.497 e. The molecule has 4 amide bonds. The number of carbonyl (C=O) groups excluding carboxylic acids is 4. The highest BCUT2D eigenvalue weighted by Crippen LogP contribution is 2.60. The first-order chi connectivity index (χ1) is 30.2. The second-order valence-corrected chi connectivity index (χ2v) is 18.9. The standard InChI is InChI=1S/C55H52N2O6/c1-27(2)33-12-10-13-34(28(3)4)50(33)56-52(58)40-23-20-37-38-21-24-42-47-43(55(61)57(54(42)60)51-35(29(5)6)14-11-15-36(51)30(7)8)26-44(63-32-18-16-31(62-9)17-19-32)48(49(38)47)39-22-25-41(53(56)59)46(40)45(37)39/h10-30,33,39,45,50H,1-9H3. The fraction of sp³-hybridized carbons (Fsp3) is 0.309. The Balaban J connectivity index is 1.19. The third-order valence-electron chi connectivity index (χ3n) is 14.1. The summed E-state index contributed by atoms with van der Waals surface area (Å²) < 4.78 is 12.3. The van der Waals surface area contributed by atoms with Gasteiger partial charge in [-0.05, 0) is 105 Å². The van der Waals surface area contributed by atoms with Gasteiger partial charge in [-0.15, -0.1) is 0 Å². The Morgan fingerprint density at radius 2 is 1.32 bits per heavy atom. The minimum absolute atomic E-state index is 0.0333. The van der Waals surface area contributed by atoms with Crippen LogP contribution in [0.4, 0.5) is 5.69 Å². The monoisotopic (exact) mass is 836 g/mol. The molecule has 4 atom stereocenters. The van der Waals surface area contributed by atoms with Gasteiger partial charge in [0.1, 0.15) is 17.2 Å². The second-order valence-electron chi connectivity index (χ2n) is 18.9. The maximum absolute atomic E-state index is 15.3. The van der Waals surface area contributed by atoms with Gasteiger partial charge in [-0.2, -0.15) is 0 Å². The van der Waals surface area contributed by atoms with Gasteiger partial charge in [-0.3, -0.25) is 24.1 Å². The summed E-state index contributed by atoms with van der Waals surface area (Å²) in [5.41, 5.74) is 8.69. The summed E-state index contributed by atoms with van der Waals surface area (Å²) in [5.74, 6) is -0.0746. The summed E-state index contributed by atoms with van der Waals surface area (Å²) in [6, 6.07) is 18.5. The van der Waals surface area contributed by atoms with E-state index in [9.17, 15) is 0 Å². The van der Waals surface area contributed by atoms with Crippen molar-refractivity contribution in [1.29, 1.82) is 0 Å². The number of benzene rings is 4. The van der Waals surface area contributed by atoms with Gasteiger partial charge in [-0.1, -0.05) is 116 Å². The maximum atomic E-state index is 15.3. The highest BCUT2D eigenvalue weighted by molar-refractivity contribution is 6.37. The predicted molar refractivity (Wildman–Crippen MR) is 247 cm³/mol. The zero-order valence-electron chi connectivity index (χ0n) is 37.3. The summed E-state index contributed by atoms with van der Waals surface area (Å²) in [5, 5.41) is 1.36. The summed E-state index contributed by atoms with van der Waals surface area (Å²) in [6.45, 7) is 16.8. The van der Waals surface area contributed by atoms with Gasteiger partial charge in [0.2, 0.25) is 0 Å². The van der Waals surface area contributed by atoms with Gasteiger partial charge in [0, 0.05) is 45.4 Å². The van der Waals surface area contributed by atoms with Gasteiger partial charge in [-0.25, -0.2) is 4.90 Å². The van der Waals surface area contributed by atoms with Crippen molar-refractivity contribution < 1.29 is 28.7 Å². The molecular weight excluding hydrogens is 785 g/mol. The molecule has 10 rings (SSSR count). The van der Waals surface area contributed by atoms with Crippen molar-refractivity contribution >= 4 is 45.7 Å². The number of allylic oxidation sites excluding steroid dienone is 6. The van der Waals surface area contributed by atoms with Crippen LogP contribution in [0.3, 0.4) is 0 Å². The number of methoxy groups -OCH3 is 1. The van der Waals surface area contributed by atoms with Crippen LogP contribution in [-0.4, -0.2) is 41.7 Å². The molecule has 0 radical (unpaired) electrons. The van der Waals surface area contributed by atoms with Gasteiger partial charge in [0.25, 0.3) is 23.6 Å². The third-order valence-corrected chi connectivity index (χ3v) is 14.1. The fourth-order valence-electron chi connectivity index (χ4n) is 11.1. The Hall–Kier alpha value is -6.54. The first kappa shape index (κ1) is 40.5. The first-order valence-corrected chi connectivity index (χ1v) is 22.3. The van der Waals surface area contributed by atoms with E-state index in [1.165, 1.54) is 9.80 Å². The number of ether oxygens (including phenoxy) is 2. The predicted octanol–water partition coefficient (Wildman–Crippen LogP) is 11.8. The molecule has 2 heterocycles. The van der Waals surface area contributed by atoms with Crippen LogP contribution in [0.5, 0.6) is 17.2 Å². The fourth-order valence-corrected chi connectivity index (χ4v) is 11.1. The Labute approximate surface area is 368 Å². The molecule has 0 spiro atoms. The molecule has 4 unspecified atom stereocenters. The topological polar surface area (TPSA) is 93.2 Å². The van der Waals surface area contributed by atoms with E-state index < -0.39 is 17.9 Å². The molecule has 63 heavy (non-hydrogen) atoms. The molecule has 4 aromatic rings. The molecule has 318 valence electrons. The van der Waals surface area contributed by atoms with Crippen LogP contribution in [-0.2, 0) is 9.59 Å². The van der Waals surface area contributed by atoms with E-state index in [0.29, 0.717) is 56.2 Å². The van der Waals surface area contributed by atoms with Crippen molar-refractivity contribution in [2.75, 3.05) is 12.0 Å². The molecule has 6 aliphatic rings. The second kappa shape index (κ2) is 14.8. The summed E-state index contributed by atoms with van der Waals surface area (Å²) in [6.07, 6.45) is 14.1. The van der Waals surface area contributed by atoms with E-state index in [0.717, 1.165) is 38.8 Å². The number of fused-ring (bicyclic) bond motifs is 2. The summed E-state index contributed by atoms with van der Waals surface area (Å²) >= 11 is 0. The molecule has 4 aliphatic carbocycles. The number of rotatable bonds is 9. The van der Waals surface area contributed by atoms with Gasteiger partial charge < -0.3 is 9.47 Å². The van der Waals surface area contributed by atoms with Crippen molar-refractivity contribution in [1.82, 2.24) is 4.90 Å². The lowest BCUT2D eigenvalue weighted by Gasteiger charge is -2.47. The van der Waals surface area contributed by atoms with Crippen molar-refractivity contribution in [3.8, 4) is 17.2 Å². The zero-order chi connectivity index (χ0) is 44.3. The van der Waals surface area contributed by atoms with Crippen LogP contribution >= 0.6 is 0 Å². The van der Waals surface area contributed by atoms with Crippen LogP contribution in [0, 0.1) is 23.7 Å². The summed E-state index contributed by atoms with van der Waals surface area (Å²) in [7, 11) is 1.61. The van der Waals surface area contributed by atoms with E-state index in [-0.39, 0.29) is 53.2 Å². The molecule has 8 heteroatoms. The number of hydrogen-bond donors (Lipinski definition) is 0. The van der Waals surface area contributed by atoms with Gasteiger partial charge in [0.05, 0.1) is 24.4 Å². The zero-order valence-corrected chi connectivity index (χ0v) is 37.3. The maximum Gasteiger partial charge on any atom is 0.266 e. The van der Waals surface area contributed by atoms with Crippen molar-refractivity contribution in [3.63, 3.8) is 0 Å². The average Bonchev–Trinajstić information content (AvgIpc) is 3.27. The number of hydrogen-bond acceptors (Lipinski definition) is 6. The molecule has 0 saturated heterocycles. The Morgan fingerprint density at radius 3 is 1.97 bits per heavy atom. The smallest absolute Gasteiger partial charge is 0.266 e. The minimum atomic E-state index is -0.410. The van der Waals surface area contributed by atoms with Crippen molar-refractivity contribution in [2.24, 2.45) is 23.7 Å². The van der Waals surface area contributed by atoms with E-state index in [4.69, 9.17) is 9.47 Å². The van der Waals surface area contributed by atoms with E-state index in [1.54, 1.807) is 13.2 Å². The molecule has 0 N–H and O–H groups in total. The number of para-hydroxylation sites is 1. The molecule has 0 aromatic heterocycles. The average molecular weight is 837 g/mol. The Morgan fingerprint density at radius 1 is 0.651 bits per heavy atom. The van der Waals surface area contributed by atoms with Crippen LogP contribution < -0.4 is 14.4 Å². The quantitative estimate of drug-likeness (QED) is 0.156. The highest BCUT2D eigenvalue weighted by atomic mass is 16.5. The number of amides is 4. The van der Waals surface area contributed by atoms with E-state index in [1.807, 2.05) is 72.8 Å². The molecule has 8 nitrogen and oxygen atoms in total. The van der Waals surface area contributed by atoms with Gasteiger partial charge in [0.15, 0.2) is 0 Å². The minimum Gasteiger partial charge on any atom is -0.497 e. The van der Waals surface area contributed by atoms with Crippen molar-refractivity contribution in [2.45, 2.75) is 79.2 Å². The van der Waals surface area contributed by atoms with Crippen LogP contribution in [0.25, 0.3) is 16.3 Å². The van der Waals surface area contributed by atoms with E-state index in [2.05, 4.69) is 79.7 Å². The molecule has 0 saturated carbocycles. The number of carbonyl (C=O) groups is 4. The molecule has 0 bridgehead atoms. The van der Waals surface area contributed by atoms with Crippen LogP contribution in [0.2, 0.25) is 0 Å². The number of anilines is 1. The van der Waals surface area contributed by atoms with Crippen LogP contribution in [0.1, 0.15) is 116 Å². The lowest BCUT2D eigenvalue weighted by Crippen LogP contribution is -2.55. The van der Waals surface area contributed by atoms with Gasteiger partial charge >= 0.3 is 0 Å². The molecule has 4 aromatic carbocycles. The lowest BCUT2D eigenvalue weighted by atomic mass is 9.60. The molecular formula is C55H52N2O6. The lowest BCUT2D eigenvalue weighted by molar-refractivity contribution is -0.143. The van der Waals surface area contributed by atoms with Crippen molar-refractivity contribution in [3.05, 3.63) is 159 Å². The van der Waals surface area contributed by atoms with E-state index >= 15 is 19.2 Å². The molecule has 0 fully saturated rings. The number of nitrogens with zero attached hydrogens (tertiary/aromatic N) is 2. The summed E-state index contributed by atoms with van der Waals surface area (Å²) in [4.78, 5) is 63.3.